The van der Waals surface area contributed by atoms with Crippen molar-refractivity contribution in [2.24, 2.45) is 11.0 Å². The normalized spacial score (nSPS) is 28.9. The molecule has 3 atom stereocenters. The molecule has 142 valence electrons. The molecular formula is C21H30N2O3. The number of rotatable bonds is 5. The molecule has 2 fully saturated rings. The third kappa shape index (κ3) is 3.68. The molecule has 0 radical (unpaired) electrons. The van der Waals surface area contributed by atoms with Gasteiger partial charge in [0.1, 0.15) is 17.6 Å². The molecule has 0 aromatic heterocycles. The number of hydrogen-bond donors (Lipinski definition) is 0. The highest BCUT2D eigenvalue weighted by Gasteiger charge is 2.34. The smallest absolute Gasteiger partial charge is 0.126 e. The molecule has 26 heavy (non-hydrogen) atoms. The lowest BCUT2D eigenvalue weighted by molar-refractivity contribution is 0.141. The third-order valence-corrected chi connectivity index (χ3v) is 5.98. The van der Waals surface area contributed by atoms with Gasteiger partial charge in [-0.3, -0.25) is 5.01 Å². The number of ether oxygens (including phenoxy) is 3. The Morgan fingerprint density at radius 3 is 2.69 bits per heavy atom. The summed E-state index contributed by atoms with van der Waals surface area (Å²) in [6.07, 6.45) is 7.25. The maximum Gasteiger partial charge on any atom is 0.126 e. The van der Waals surface area contributed by atoms with Gasteiger partial charge in [0.25, 0.3) is 0 Å². The van der Waals surface area contributed by atoms with Crippen molar-refractivity contribution in [3.63, 3.8) is 0 Å². The molecule has 1 saturated heterocycles. The predicted molar refractivity (Wildman–Crippen MR) is 102 cm³/mol. The van der Waals surface area contributed by atoms with E-state index in [0.717, 1.165) is 37.5 Å². The summed E-state index contributed by atoms with van der Waals surface area (Å²) in [6, 6.07) is 6.37. The van der Waals surface area contributed by atoms with Crippen LogP contribution >= 0.6 is 0 Å². The lowest BCUT2D eigenvalue weighted by atomic mass is 9.72. The molecule has 0 N–H and O–H groups in total. The molecule has 0 amide bonds. The van der Waals surface area contributed by atoms with Gasteiger partial charge < -0.3 is 14.2 Å². The summed E-state index contributed by atoms with van der Waals surface area (Å²) in [5.74, 6) is 2.86. The summed E-state index contributed by atoms with van der Waals surface area (Å²) >= 11 is 0. The predicted octanol–water partition coefficient (Wildman–Crippen LogP) is 3.83. The van der Waals surface area contributed by atoms with Gasteiger partial charge in [-0.25, -0.2) is 0 Å². The van der Waals surface area contributed by atoms with Crippen molar-refractivity contribution >= 4 is 5.71 Å². The molecule has 0 spiro atoms. The lowest BCUT2D eigenvalue weighted by Gasteiger charge is -2.33. The Balaban J connectivity index is 1.57. The highest BCUT2D eigenvalue weighted by molar-refractivity contribution is 5.89. The van der Waals surface area contributed by atoms with Crippen LogP contribution in [0.3, 0.4) is 0 Å². The average Bonchev–Trinajstić information content (AvgIpc) is 3.33. The van der Waals surface area contributed by atoms with Gasteiger partial charge in [-0.2, -0.15) is 5.10 Å². The van der Waals surface area contributed by atoms with Crippen LogP contribution in [-0.2, 0) is 4.74 Å². The summed E-state index contributed by atoms with van der Waals surface area (Å²) in [6.45, 7) is 2.52. The maximum absolute atomic E-state index is 6.07. The highest BCUT2D eigenvalue weighted by Crippen LogP contribution is 2.44. The molecule has 5 heteroatoms. The molecule has 1 aromatic carbocycles. The molecule has 1 aromatic rings. The van der Waals surface area contributed by atoms with Crippen LogP contribution < -0.4 is 9.47 Å². The number of hydrogen-bond acceptors (Lipinski definition) is 5. The Morgan fingerprint density at radius 2 is 2.00 bits per heavy atom. The first-order valence-electron chi connectivity index (χ1n) is 9.95. The van der Waals surface area contributed by atoms with E-state index in [-0.39, 0.29) is 6.10 Å². The first-order chi connectivity index (χ1) is 12.7. The highest BCUT2D eigenvalue weighted by atomic mass is 16.5. The van der Waals surface area contributed by atoms with E-state index in [1.807, 2.05) is 0 Å². The van der Waals surface area contributed by atoms with E-state index in [1.54, 1.807) is 7.11 Å². The van der Waals surface area contributed by atoms with E-state index in [4.69, 9.17) is 19.3 Å². The van der Waals surface area contributed by atoms with E-state index in [9.17, 15) is 0 Å². The van der Waals surface area contributed by atoms with E-state index < -0.39 is 0 Å². The topological polar surface area (TPSA) is 43.3 Å². The molecule has 1 saturated carbocycles. The minimum absolute atomic E-state index is 0.163. The standard InChI is InChI=1S/C21H30N2O3/c1-23-11-9-20(22-23)18-6-4-3-5-17(18)19-8-7-15(13-21(19)24-2)26-16-10-12-25-14-16/h7-8,13,16-18H,3-6,9-12,14H2,1-2H3/t16-,17?,18?/m1/s1. The molecular weight excluding hydrogens is 328 g/mol. The van der Waals surface area contributed by atoms with E-state index in [0.29, 0.717) is 18.4 Å². The van der Waals surface area contributed by atoms with Crippen molar-refractivity contribution in [3.8, 4) is 11.5 Å². The van der Waals surface area contributed by atoms with Gasteiger partial charge >= 0.3 is 0 Å². The maximum atomic E-state index is 6.07. The van der Waals surface area contributed by atoms with Gasteiger partial charge in [-0.15, -0.1) is 0 Å². The Morgan fingerprint density at radius 1 is 1.15 bits per heavy atom. The summed E-state index contributed by atoms with van der Waals surface area (Å²) in [5.41, 5.74) is 2.69. The molecule has 2 unspecified atom stereocenters. The van der Waals surface area contributed by atoms with Crippen LogP contribution in [0.25, 0.3) is 0 Å². The second-order valence-corrected chi connectivity index (χ2v) is 7.73. The monoisotopic (exact) mass is 358 g/mol. The van der Waals surface area contributed by atoms with Crippen LogP contribution in [0.4, 0.5) is 0 Å². The van der Waals surface area contributed by atoms with Crippen molar-refractivity contribution in [3.05, 3.63) is 23.8 Å². The van der Waals surface area contributed by atoms with Crippen molar-refractivity contribution in [2.45, 2.75) is 50.5 Å². The molecule has 4 rings (SSSR count). The van der Waals surface area contributed by atoms with Crippen LogP contribution in [0.5, 0.6) is 11.5 Å². The van der Waals surface area contributed by atoms with Gasteiger partial charge in [0.2, 0.25) is 0 Å². The Kier molecular flexibility index (Phi) is 5.34. The van der Waals surface area contributed by atoms with Crippen molar-refractivity contribution in [1.82, 2.24) is 5.01 Å². The van der Waals surface area contributed by atoms with Gasteiger partial charge in [0.05, 0.1) is 20.3 Å². The second kappa shape index (κ2) is 7.87. The molecule has 1 aliphatic carbocycles. The van der Waals surface area contributed by atoms with Crippen LogP contribution in [0.1, 0.15) is 50.0 Å². The fraction of sp³-hybridized carbons (Fsp3) is 0.667. The number of benzene rings is 1. The third-order valence-electron chi connectivity index (χ3n) is 5.98. The second-order valence-electron chi connectivity index (χ2n) is 7.73. The van der Waals surface area contributed by atoms with Gasteiger partial charge in [0.15, 0.2) is 0 Å². The van der Waals surface area contributed by atoms with Crippen LogP contribution in [0.15, 0.2) is 23.3 Å². The first kappa shape index (κ1) is 17.7. The van der Waals surface area contributed by atoms with E-state index in [1.165, 1.54) is 37.0 Å². The van der Waals surface area contributed by atoms with Crippen molar-refractivity contribution < 1.29 is 14.2 Å². The molecule has 5 nitrogen and oxygen atoms in total. The van der Waals surface area contributed by atoms with Gasteiger partial charge in [-0.1, -0.05) is 18.9 Å². The molecule has 2 heterocycles. The van der Waals surface area contributed by atoms with Gasteiger partial charge in [0, 0.05) is 44.1 Å². The van der Waals surface area contributed by atoms with Crippen LogP contribution in [0, 0.1) is 5.92 Å². The first-order valence-corrected chi connectivity index (χ1v) is 9.95. The van der Waals surface area contributed by atoms with E-state index in [2.05, 4.69) is 30.3 Å². The number of methoxy groups -OCH3 is 1. The van der Waals surface area contributed by atoms with Gasteiger partial charge in [-0.05, 0) is 30.4 Å². The van der Waals surface area contributed by atoms with Crippen molar-refractivity contribution in [2.75, 3.05) is 33.9 Å². The SMILES string of the molecule is COc1cc(O[C@@H]2CCOC2)ccc1C1CCCCC1C1=NN(C)CC1. The van der Waals surface area contributed by atoms with Crippen molar-refractivity contribution in [1.29, 1.82) is 0 Å². The Labute approximate surface area is 156 Å². The number of hydrazone groups is 1. The largest absolute Gasteiger partial charge is 0.496 e. The minimum Gasteiger partial charge on any atom is -0.496 e. The summed E-state index contributed by atoms with van der Waals surface area (Å²) in [7, 11) is 3.84. The Hall–Kier alpha value is -1.75. The molecule has 3 aliphatic rings. The summed E-state index contributed by atoms with van der Waals surface area (Å²) in [4.78, 5) is 0. The quantitative estimate of drug-likeness (QED) is 0.802. The zero-order valence-electron chi connectivity index (χ0n) is 15.9. The average molecular weight is 358 g/mol. The zero-order chi connectivity index (χ0) is 17.9. The van der Waals surface area contributed by atoms with E-state index >= 15 is 0 Å². The Bertz CT molecular complexity index is 655. The summed E-state index contributed by atoms with van der Waals surface area (Å²) in [5, 5.41) is 6.88. The molecule has 2 aliphatic heterocycles. The fourth-order valence-electron chi connectivity index (χ4n) is 4.63. The number of nitrogens with zero attached hydrogens (tertiary/aromatic N) is 2. The zero-order valence-corrected chi connectivity index (χ0v) is 15.9. The minimum atomic E-state index is 0.163. The molecule has 0 bridgehead atoms. The van der Waals surface area contributed by atoms with Crippen LogP contribution in [-0.4, -0.2) is 50.7 Å². The summed E-state index contributed by atoms with van der Waals surface area (Å²) < 4.78 is 17.3. The lowest BCUT2D eigenvalue weighted by Crippen LogP contribution is -2.25. The fourth-order valence-corrected chi connectivity index (χ4v) is 4.63. The van der Waals surface area contributed by atoms with Crippen LogP contribution in [0.2, 0.25) is 0 Å².